The highest BCUT2D eigenvalue weighted by molar-refractivity contribution is 6.30. The van der Waals surface area contributed by atoms with Crippen LogP contribution in [0.25, 0.3) is 0 Å². The van der Waals surface area contributed by atoms with Crippen molar-refractivity contribution in [2.45, 2.75) is 52.1 Å². The summed E-state index contributed by atoms with van der Waals surface area (Å²) in [7, 11) is 0. The monoisotopic (exact) mass is 278 g/mol. The third-order valence-electron chi connectivity index (χ3n) is 6.20. The highest BCUT2D eigenvalue weighted by Gasteiger charge is 2.67. The Balaban J connectivity index is 1.96. The molecule has 0 amide bonds. The van der Waals surface area contributed by atoms with Crippen LogP contribution in [-0.2, 0) is 6.42 Å². The summed E-state index contributed by atoms with van der Waals surface area (Å²) in [5.74, 6) is 0.662. The quantitative estimate of drug-likeness (QED) is 0.847. The molecular weight excluding hydrogens is 256 g/mol. The molecule has 1 N–H and O–H groups in total. The second-order valence-electron chi connectivity index (χ2n) is 7.39. The van der Waals surface area contributed by atoms with Crippen LogP contribution in [0.3, 0.4) is 0 Å². The van der Waals surface area contributed by atoms with E-state index in [1.165, 1.54) is 18.4 Å². The first-order valence-corrected chi connectivity index (χ1v) is 7.63. The zero-order valence-corrected chi connectivity index (χ0v) is 12.8. The van der Waals surface area contributed by atoms with Gasteiger partial charge >= 0.3 is 0 Å². The average Bonchev–Trinajstić information content (AvgIpc) is 2.81. The molecule has 1 aromatic carbocycles. The summed E-state index contributed by atoms with van der Waals surface area (Å²) in [5, 5.41) is 12.2. The minimum atomic E-state index is -0.600. The molecule has 0 spiro atoms. The van der Waals surface area contributed by atoms with Crippen molar-refractivity contribution in [1.82, 2.24) is 0 Å². The van der Waals surface area contributed by atoms with E-state index in [9.17, 15) is 5.11 Å². The first kappa shape index (κ1) is 13.5. The predicted octanol–water partition coefficient (Wildman–Crippen LogP) is 4.46. The van der Waals surface area contributed by atoms with Crippen LogP contribution < -0.4 is 0 Å². The van der Waals surface area contributed by atoms with Gasteiger partial charge in [-0.1, -0.05) is 44.5 Å². The van der Waals surface area contributed by atoms with E-state index in [0.717, 1.165) is 17.9 Å². The lowest BCUT2D eigenvalue weighted by atomic mass is 9.58. The fourth-order valence-corrected chi connectivity index (χ4v) is 4.81. The molecule has 1 nitrogen and oxygen atoms in total. The number of hydrogen-bond donors (Lipinski definition) is 1. The number of fused-ring (bicyclic) bond motifs is 2. The Kier molecular flexibility index (Phi) is 2.82. The minimum absolute atomic E-state index is 0.000361. The van der Waals surface area contributed by atoms with Gasteiger partial charge in [-0.2, -0.15) is 0 Å². The molecule has 3 unspecified atom stereocenters. The fourth-order valence-electron chi connectivity index (χ4n) is 4.69. The summed E-state index contributed by atoms with van der Waals surface area (Å²) in [6.07, 6.45) is 4.34. The normalized spacial score (nSPS) is 39.7. The van der Waals surface area contributed by atoms with Crippen LogP contribution in [0.2, 0.25) is 5.02 Å². The van der Waals surface area contributed by atoms with Gasteiger partial charge in [-0.15, -0.1) is 0 Å². The summed E-state index contributed by atoms with van der Waals surface area (Å²) in [4.78, 5) is 0. The third kappa shape index (κ3) is 1.71. The van der Waals surface area contributed by atoms with Gasteiger partial charge in [0.1, 0.15) is 0 Å². The van der Waals surface area contributed by atoms with E-state index in [0.29, 0.717) is 5.92 Å². The first-order valence-electron chi connectivity index (χ1n) is 7.25. The lowest BCUT2D eigenvalue weighted by Gasteiger charge is -2.51. The molecule has 0 heterocycles. The molecular formula is C17H23ClO. The zero-order chi connectivity index (χ0) is 13.9. The van der Waals surface area contributed by atoms with Crippen LogP contribution in [-0.4, -0.2) is 10.7 Å². The Morgan fingerprint density at radius 3 is 2.37 bits per heavy atom. The summed E-state index contributed by atoms with van der Waals surface area (Å²) in [6.45, 7) is 6.77. The molecule has 3 rings (SSSR count). The van der Waals surface area contributed by atoms with Crippen molar-refractivity contribution in [2.75, 3.05) is 0 Å². The number of hydrogen-bond acceptors (Lipinski definition) is 1. The van der Waals surface area contributed by atoms with Gasteiger partial charge < -0.3 is 5.11 Å². The van der Waals surface area contributed by atoms with Crippen LogP contribution in [0.1, 0.15) is 45.6 Å². The van der Waals surface area contributed by atoms with E-state index in [2.05, 4.69) is 20.8 Å². The van der Waals surface area contributed by atoms with Gasteiger partial charge in [0.25, 0.3) is 0 Å². The molecule has 0 radical (unpaired) electrons. The number of benzene rings is 1. The van der Waals surface area contributed by atoms with Gasteiger partial charge in [-0.25, -0.2) is 0 Å². The Bertz CT molecular complexity index is 486. The Hall–Kier alpha value is -0.530. The summed E-state index contributed by atoms with van der Waals surface area (Å²) >= 11 is 5.95. The van der Waals surface area contributed by atoms with Crippen molar-refractivity contribution in [3.05, 3.63) is 34.9 Å². The minimum Gasteiger partial charge on any atom is -0.388 e. The second kappa shape index (κ2) is 3.99. The molecule has 0 saturated heterocycles. The van der Waals surface area contributed by atoms with Gasteiger partial charge in [0.2, 0.25) is 0 Å². The van der Waals surface area contributed by atoms with E-state index in [1.54, 1.807) is 0 Å². The Labute approximate surface area is 121 Å². The molecule has 19 heavy (non-hydrogen) atoms. The maximum absolute atomic E-state index is 11.5. The van der Waals surface area contributed by atoms with Gasteiger partial charge in [0.05, 0.1) is 5.60 Å². The lowest BCUT2D eigenvalue weighted by Crippen LogP contribution is -2.55. The highest BCUT2D eigenvalue weighted by atomic mass is 35.5. The van der Waals surface area contributed by atoms with Gasteiger partial charge in [0, 0.05) is 11.4 Å². The van der Waals surface area contributed by atoms with Crippen molar-refractivity contribution < 1.29 is 5.11 Å². The molecule has 104 valence electrons. The zero-order valence-electron chi connectivity index (χ0n) is 12.0. The predicted molar refractivity (Wildman–Crippen MR) is 79.3 cm³/mol. The summed E-state index contributed by atoms with van der Waals surface area (Å²) in [6, 6.07) is 7.93. The maximum Gasteiger partial charge on any atom is 0.0794 e. The van der Waals surface area contributed by atoms with E-state index in [4.69, 9.17) is 11.6 Å². The number of halogens is 1. The first-order chi connectivity index (χ1) is 8.78. The second-order valence-corrected chi connectivity index (χ2v) is 7.82. The summed E-state index contributed by atoms with van der Waals surface area (Å²) < 4.78 is 0. The third-order valence-corrected chi connectivity index (χ3v) is 6.45. The van der Waals surface area contributed by atoms with E-state index < -0.39 is 5.60 Å². The molecule has 2 heteroatoms. The molecule has 3 atom stereocenters. The molecule has 2 aliphatic rings. The van der Waals surface area contributed by atoms with Crippen molar-refractivity contribution >= 4 is 11.6 Å². The molecule has 0 aliphatic heterocycles. The van der Waals surface area contributed by atoms with Crippen molar-refractivity contribution in [3.8, 4) is 0 Å². The van der Waals surface area contributed by atoms with Crippen LogP contribution in [0.15, 0.2) is 24.3 Å². The number of rotatable bonds is 2. The van der Waals surface area contributed by atoms with Crippen LogP contribution in [0, 0.1) is 16.7 Å². The molecule has 1 aromatic rings. The molecule has 2 aliphatic carbocycles. The molecule has 2 fully saturated rings. The van der Waals surface area contributed by atoms with Gasteiger partial charge in [-0.3, -0.25) is 0 Å². The SMILES string of the molecule is CC12CCC(C1)C(C)(C)C2(O)Cc1ccc(Cl)cc1. The van der Waals surface area contributed by atoms with Crippen molar-refractivity contribution in [1.29, 1.82) is 0 Å². The Morgan fingerprint density at radius 1 is 1.21 bits per heavy atom. The van der Waals surface area contributed by atoms with Crippen LogP contribution in [0.5, 0.6) is 0 Å². The lowest BCUT2D eigenvalue weighted by molar-refractivity contribution is -0.141. The molecule has 2 bridgehead atoms. The van der Waals surface area contributed by atoms with E-state index in [1.807, 2.05) is 24.3 Å². The van der Waals surface area contributed by atoms with Crippen molar-refractivity contribution in [3.63, 3.8) is 0 Å². The van der Waals surface area contributed by atoms with E-state index in [-0.39, 0.29) is 10.8 Å². The van der Waals surface area contributed by atoms with E-state index >= 15 is 0 Å². The molecule has 0 aromatic heterocycles. The summed E-state index contributed by atoms with van der Waals surface area (Å²) in [5.41, 5.74) is 0.658. The van der Waals surface area contributed by atoms with Gasteiger partial charge in [-0.05, 0) is 53.7 Å². The Morgan fingerprint density at radius 2 is 1.84 bits per heavy atom. The number of aliphatic hydroxyl groups is 1. The van der Waals surface area contributed by atoms with Gasteiger partial charge in [0.15, 0.2) is 0 Å². The van der Waals surface area contributed by atoms with Crippen LogP contribution >= 0.6 is 11.6 Å². The largest absolute Gasteiger partial charge is 0.388 e. The van der Waals surface area contributed by atoms with Crippen LogP contribution in [0.4, 0.5) is 0 Å². The van der Waals surface area contributed by atoms with Crippen molar-refractivity contribution in [2.24, 2.45) is 16.7 Å². The maximum atomic E-state index is 11.5. The highest BCUT2D eigenvalue weighted by Crippen LogP contribution is 2.68. The smallest absolute Gasteiger partial charge is 0.0794 e. The molecule has 2 saturated carbocycles. The standard InChI is InChI=1S/C17H23ClO/c1-15(2)13-8-9-16(3,11-13)17(15,19)10-12-4-6-14(18)7-5-12/h4-7,13,19H,8-11H2,1-3H3. The average molecular weight is 279 g/mol. The fraction of sp³-hybridized carbons (Fsp3) is 0.647. The topological polar surface area (TPSA) is 20.2 Å².